The standard InChI is InChI=1S/C19H29N3O.2ClH/c1-3-12-21(4-2)18-9-5-15(6-10-18)19(23)22-13-11-16-7-8-17(14-22)20-16;;/h5-6,9-10,16-17,20H,3-4,7-8,11-14H2,1-2H3;2*1H. The average molecular weight is 388 g/mol. The van der Waals surface area contributed by atoms with E-state index in [4.69, 9.17) is 0 Å². The number of nitrogens with zero attached hydrogens (tertiary/aromatic N) is 2. The van der Waals surface area contributed by atoms with E-state index in [0.717, 1.165) is 44.6 Å². The van der Waals surface area contributed by atoms with Crippen molar-refractivity contribution >= 4 is 36.4 Å². The smallest absolute Gasteiger partial charge is 0.253 e. The first-order chi connectivity index (χ1) is 11.2. The van der Waals surface area contributed by atoms with Gasteiger partial charge in [0.25, 0.3) is 5.91 Å². The summed E-state index contributed by atoms with van der Waals surface area (Å²) in [6, 6.07) is 9.28. The molecule has 1 amide bonds. The zero-order valence-corrected chi connectivity index (χ0v) is 16.9. The monoisotopic (exact) mass is 387 g/mol. The summed E-state index contributed by atoms with van der Waals surface area (Å²) in [5.74, 6) is 0.185. The van der Waals surface area contributed by atoms with Crippen LogP contribution in [0.15, 0.2) is 24.3 Å². The highest BCUT2D eigenvalue weighted by Crippen LogP contribution is 2.22. The zero-order chi connectivity index (χ0) is 16.2. The molecule has 1 aromatic carbocycles. The van der Waals surface area contributed by atoms with E-state index in [-0.39, 0.29) is 30.7 Å². The third-order valence-corrected chi connectivity index (χ3v) is 5.17. The third kappa shape index (κ3) is 5.25. The molecule has 1 aromatic rings. The molecule has 2 aliphatic rings. The summed E-state index contributed by atoms with van der Waals surface area (Å²) in [4.78, 5) is 17.2. The fourth-order valence-corrected chi connectivity index (χ4v) is 3.86. The van der Waals surface area contributed by atoms with Crippen LogP contribution in [-0.2, 0) is 0 Å². The lowest BCUT2D eigenvalue weighted by atomic mass is 10.1. The summed E-state index contributed by atoms with van der Waals surface area (Å²) in [5, 5.41) is 3.63. The van der Waals surface area contributed by atoms with E-state index < -0.39 is 0 Å². The number of fused-ring (bicyclic) bond motifs is 2. The molecule has 2 atom stereocenters. The molecule has 2 heterocycles. The molecular formula is C19H31Cl2N3O. The fourth-order valence-electron chi connectivity index (χ4n) is 3.86. The van der Waals surface area contributed by atoms with Gasteiger partial charge in [0, 0.05) is 49.5 Å². The molecule has 0 radical (unpaired) electrons. The van der Waals surface area contributed by atoms with E-state index in [1.807, 2.05) is 17.0 Å². The first-order valence-electron chi connectivity index (χ1n) is 9.11. The number of halogens is 2. The van der Waals surface area contributed by atoms with Gasteiger partial charge in [0.2, 0.25) is 0 Å². The first-order valence-corrected chi connectivity index (χ1v) is 9.11. The van der Waals surface area contributed by atoms with Crippen molar-refractivity contribution in [2.75, 3.05) is 31.1 Å². The number of nitrogens with one attached hydrogen (secondary N) is 1. The van der Waals surface area contributed by atoms with Gasteiger partial charge in [-0.15, -0.1) is 24.8 Å². The van der Waals surface area contributed by atoms with Gasteiger partial charge in [-0.25, -0.2) is 0 Å². The molecule has 0 spiro atoms. The predicted molar refractivity (Wildman–Crippen MR) is 110 cm³/mol. The Balaban J connectivity index is 0.00000156. The van der Waals surface area contributed by atoms with Crippen LogP contribution < -0.4 is 10.2 Å². The molecule has 1 N–H and O–H groups in total. The Kier molecular flexibility index (Phi) is 9.04. The lowest BCUT2D eigenvalue weighted by molar-refractivity contribution is 0.0748. The van der Waals surface area contributed by atoms with Gasteiger partial charge in [0.15, 0.2) is 0 Å². The lowest BCUT2D eigenvalue weighted by Crippen LogP contribution is -2.39. The van der Waals surface area contributed by atoms with Crippen molar-refractivity contribution < 1.29 is 4.79 Å². The highest BCUT2D eigenvalue weighted by Gasteiger charge is 2.31. The second-order valence-corrected chi connectivity index (χ2v) is 6.80. The van der Waals surface area contributed by atoms with E-state index in [9.17, 15) is 4.79 Å². The van der Waals surface area contributed by atoms with Crippen molar-refractivity contribution in [3.63, 3.8) is 0 Å². The Morgan fingerprint density at radius 2 is 1.80 bits per heavy atom. The average Bonchev–Trinajstić information content (AvgIpc) is 2.91. The number of amides is 1. The zero-order valence-electron chi connectivity index (χ0n) is 15.2. The summed E-state index contributed by atoms with van der Waals surface area (Å²) >= 11 is 0. The molecule has 0 aromatic heterocycles. The van der Waals surface area contributed by atoms with E-state index in [0.29, 0.717) is 12.1 Å². The van der Waals surface area contributed by atoms with Crippen LogP contribution in [-0.4, -0.2) is 49.1 Å². The number of hydrogen-bond acceptors (Lipinski definition) is 3. The minimum Gasteiger partial charge on any atom is -0.372 e. The maximum absolute atomic E-state index is 12.8. The number of benzene rings is 1. The molecule has 0 saturated carbocycles. The van der Waals surface area contributed by atoms with Crippen LogP contribution in [0.4, 0.5) is 5.69 Å². The van der Waals surface area contributed by atoms with E-state index in [1.54, 1.807) is 0 Å². The van der Waals surface area contributed by atoms with Gasteiger partial charge in [-0.1, -0.05) is 6.92 Å². The first kappa shape index (κ1) is 22.1. The Labute approximate surface area is 164 Å². The molecule has 0 aliphatic carbocycles. The topological polar surface area (TPSA) is 35.6 Å². The van der Waals surface area contributed by atoms with Gasteiger partial charge in [-0.3, -0.25) is 4.79 Å². The van der Waals surface area contributed by atoms with Crippen LogP contribution in [0.25, 0.3) is 0 Å². The maximum Gasteiger partial charge on any atom is 0.253 e. The Morgan fingerprint density at radius 1 is 1.12 bits per heavy atom. The molecular weight excluding hydrogens is 357 g/mol. The molecule has 6 heteroatoms. The summed E-state index contributed by atoms with van der Waals surface area (Å²) in [6.45, 7) is 8.17. The predicted octanol–water partition coefficient (Wildman–Crippen LogP) is 3.73. The quantitative estimate of drug-likeness (QED) is 0.835. The minimum atomic E-state index is 0. The molecule has 25 heavy (non-hydrogen) atoms. The summed E-state index contributed by atoms with van der Waals surface area (Å²) in [5.41, 5.74) is 2.03. The minimum absolute atomic E-state index is 0. The molecule has 2 saturated heterocycles. The van der Waals surface area contributed by atoms with E-state index in [2.05, 4.69) is 36.2 Å². The Hall–Kier alpha value is -0.970. The molecule has 2 aliphatic heterocycles. The molecule has 2 unspecified atom stereocenters. The van der Waals surface area contributed by atoms with Crippen molar-refractivity contribution in [1.82, 2.24) is 10.2 Å². The van der Waals surface area contributed by atoms with Crippen LogP contribution in [0.3, 0.4) is 0 Å². The fraction of sp³-hybridized carbons (Fsp3) is 0.632. The lowest BCUT2D eigenvalue weighted by Gasteiger charge is -2.25. The van der Waals surface area contributed by atoms with Crippen LogP contribution >= 0.6 is 24.8 Å². The molecule has 142 valence electrons. The van der Waals surface area contributed by atoms with Crippen LogP contribution in [0.2, 0.25) is 0 Å². The van der Waals surface area contributed by atoms with Gasteiger partial charge < -0.3 is 15.1 Å². The number of anilines is 1. The number of carbonyl (C=O) groups is 1. The van der Waals surface area contributed by atoms with Gasteiger partial charge in [-0.05, 0) is 56.9 Å². The van der Waals surface area contributed by atoms with Crippen molar-refractivity contribution in [3.05, 3.63) is 29.8 Å². The van der Waals surface area contributed by atoms with Crippen LogP contribution in [0.1, 0.15) is 49.9 Å². The van der Waals surface area contributed by atoms with E-state index in [1.165, 1.54) is 18.5 Å². The summed E-state index contributed by atoms with van der Waals surface area (Å²) < 4.78 is 0. The van der Waals surface area contributed by atoms with Crippen molar-refractivity contribution in [1.29, 1.82) is 0 Å². The van der Waals surface area contributed by atoms with Crippen LogP contribution in [0, 0.1) is 0 Å². The van der Waals surface area contributed by atoms with Crippen molar-refractivity contribution in [2.45, 2.75) is 51.6 Å². The number of likely N-dealkylation sites (tertiary alicyclic amines) is 1. The SMILES string of the molecule is CCCN(CC)c1ccc(C(=O)N2CCC3CCC(C2)N3)cc1.Cl.Cl. The van der Waals surface area contributed by atoms with E-state index >= 15 is 0 Å². The van der Waals surface area contributed by atoms with Gasteiger partial charge >= 0.3 is 0 Å². The maximum atomic E-state index is 12.8. The number of rotatable bonds is 5. The molecule has 4 nitrogen and oxygen atoms in total. The summed E-state index contributed by atoms with van der Waals surface area (Å²) in [6.07, 6.45) is 4.69. The molecule has 2 bridgehead atoms. The highest BCUT2D eigenvalue weighted by molar-refractivity contribution is 5.94. The van der Waals surface area contributed by atoms with Crippen molar-refractivity contribution in [2.24, 2.45) is 0 Å². The van der Waals surface area contributed by atoms with Gasteiger partial charge in [0.1, 0.15) is 0 Å². The van der Waals surface area contributed by atoms with Gasteiger partial charge in [0.05, 0.1) is 0 Å². The van der Waals surface area contributed by atoms with Crippen LogP contribution in [0.5, 0.6) is 0 Å². The van der Waals surface area contributed by atoms with Gasteiger partial charge in [-0.2, -0.15) is 0 Å². The number of hydrogen-bond donors (Lipinski definition) is 1. The highest BCUT2D eigenvalue weighted by atomic mass is 35.5. The normalized spacial score (nSPS) is 21.8. The summed E-state index contributed by atoms with van der Waals surface area (Å²) in [7, 11) is 0. The Morgan fingerprint density at radius 3 is 2.44 bits per heavy atom. The largest absolute Gasteiger partial charge is 0.372 e. The number of carbonyl (C=O) groups excluding carboxylic acids is 1. The third-order valence-electron chi connectivity index (χ3n) is 5.17. The Bertz CT molecular complexity index is 538. The van der Waals surface area contributed by atoms with Crippen molar-refractivity contribution in [3.8, 4) is 0 Å². The second kappa shape index (κ2) is 10.2. The molecule has 3 rings (SSSR count). The second-order valence-electron chi connectivity index (χ2n) is 6.80. The molecule has 2 fully saturated rings.